The van der Waals surface area contributed by atoms with Crippen molar-refractivity contribution >= 4 is 30.3 Å². The second-order valence-corrected chi connectivity index (χ2v) is 4.12. The lowest BCUT2D eigenvalue weighted by atomic mass is 10.2. The fraction of sp³-hybridized carbons (Fsp3) is 0.667. The summed E-state index contributed by atoms with van der Waals surface area (Å²) >= 11 is 0. The van der Waals surface area contributed by atoms with Gasteiger partial charge in [0.15, 0.2) is 0 Å². The summed E-state index contributed by atoms with van der Waals surface area (Å²) in [5, 5.41) is 10.7. The molecule has 0 aliphatic rings. The van der Waals surface area contributed by atoms with E-state index in [2.05, 4.69) is 11.5 Å². The van der Waals surface area contributed by atoms with E-state index in [0.717, 1.165) is 0 Å². The number of rotatable bonds is 3. The number of hydrogen-bond acceptors (Lipinski definition) is 6. The fourth-order valence-corrected chi connectivity index (χ4v) is 0.490. The minimum absolute atomic E-state index is 0. The van der Waals surface area contributed by atoms with E-state index in [1.54, 1.807) is 20.8 Å². The van der Waals surface area contributed by atoms with Gasteiger partial charge in [-0.05, 0) is 20.8 Å². The third kappa shape index (κ3) is 19.0. The molecule has 10 heteroatoms. The van der Waals surface area contributed by atoms with E-state index in [4.69, 9.17) is 15.6 Å². The normalized spacial score (nSPS) is 11.0. The first-order chi connectivity index (χ1) is 7.99. The van der Waals surface area contributed by atoms with Gasteiger partial charge in [-0.2, -0.15) is 0 Å². The third-order valence-corrected chi connectivity index (χ3v) is 1.12. The highest BCUT2D eigenvalue weighted by Crippen LogP contribution is 2.06. The van der Waals surface area contributed by atoms with Crippen LogP contribution in [0, 0.1) is 0 Å². The zero-order valence-electron chi connectivity index (χ0n) is 11.0. The van der Waals surface area contributed by atoms with Crippen molar-refractivity contribution in [3.8, 4) is 0 Å². The van der Waals surface area contributed by atoms with Crippen LogP contribution in [0.25, 0.3) is 0 Å². The van der Waals surface area contributed by atoms with E-state index in [9.17, 15) is 14.4 Å². The molecular formula is C9H21ClN4O5. The van der Waals surface area contributed by atoms with E-state index < -0.39 is 29.7 Å². The zero-order valence-corrected chi connectivity index (χ0v) is 11.8. The Morgan fingerprint density at radius 2 is 1.63 bits per heavy atom. The third-order valence-electron chi connectivity index (χ3n) is 1.12. The minimum atomic E-state index is -1.71. The van der Waals surface area contributed by atoms with Crippen LogP contribution in [0.2, 0.25) is 0 Å². The van der Waals surface area contributed by atoms with Crippen LogP contribution < -0.4 is 22.5 Å². The topological polar surface area (TPSA) is 171 Å². The summed E-state index contributed by atoms with van der Waals surface area (Å²) < 4.78 is 4.74. The van der Waals surface area contributed by atoms with Crippen molar-refractivity contribution in [2.45, 2.75) is 32.6 Å². The van der Waals surface area contributed by atoms with Crippen molar-refractivity contribution in [1.29, 1.82) is 0 Å². The van der Waals surface area contributed by atoms with Gasteiger partial charge in [-0.15, -0.1) is 12.4 Å². The second-order valence-electron chi connectivity index (χ2n) is 4.12. The quantitative estimate of drug-likeness (QED) is 0.383. The number of amides is 3. The summed E-state index contributed by atoms with van der Waals surface area (Å²) in [6.45, 7) is 4.91. The molecule has 1 atom stereocenters. The van der Waals surface area contributed by atoms with Crippen LogP contribution in [-0.2, 0) is 14.3 Å². The average molecular weight is 301 g/mol. The molecule has 0 aliphatic carbocycles. The molecule has 1 unspecified atom stereocenters. The number of aliphatic hydroxyl groups is 1. The number of aliphatic hydroxyl groups excluding tert-OH is 1. The highest BCUT2D eigenvalue weighted by atomic mass is 35.5. The van der Waals surface area contributed by atoms with Gasteiger partial charge in [-0.3, -0.25) is 14.9 Å². The number of halogens is 1. The molecule has 0 radical (unpaired) electrons. The van der Waals surface area contributed by atoms with E-state index in [1.165, 1.54) is 0 Å². The molecule has 0 aromatic carbocycles. The predicted molar refractivity (Wildman–Crippen MR) is 70.1 cm³/mol. The highest BCUT2D eigenvalue weighted by Gasteiger charge is 2.20. The van der Waals surface area contributed by atoms with Crippen molar-refractivity contribution in [2.75, 3.05) is 6.54 Å². The Hall–Kier alpha value is -1.58. The molecular weight excluding hydrogens is 280 g/mol. The van der Waals surface area contributed by atoms with Gasteiger partial charge in [0.2, 0.25) is 12.1 Å². The SMILES string of the molecule is CC(C)(C)OC(=O)NC(O)C(N)=O.Cl.NCC(N)=O. The molecule has 8 N–H and O–H groups in total. The predicted octanol–water partition coefficient (Wildman–Crippen LogP) is -1.83. The maximum atomic E-state index is 10.9. The number of nitrogens with two attached hydrogens (primary N) is 3. The molecule has 3 amide bonds. The maximum Gasteiger partial charge on any atom is 0.410 e. The monoisotopic (exact) mass is 300 g/mol. The lowest BCUT2D eigenvalue weighted by Crippen LogP contribution is -2.46. The Morgan fingerprint density at radius 3 is 1.84 bits per heavy atom. The molecule has 0 aromatic heterocycles. The van der Waals surface area contributed by atoms with Crippen molar-refractivity contribution in [2.24, 2.45) is 17.2 Å². The van der Waals surface area contributed by atoms with Crippen LogP contribution in [0.4, 0.5) is 4.79 Å². The summed E-state index contributed by atoms with van der Waals surface area (Å²) in [5.41, 5.74) is 13.2. The molecule has 0 saturated heterocycles. The summed E-state index contributed by atoms with van der Waals surface area (Å²) in [6.07, 6.45) is -2.60. The number of ether oxygens (including phenoxy) is 1. The summed E-state index contributed by atoms with van der Waals surface area (Å²) in [4.78, 5) is 30.6. The summed E-state index contributed by atoms with van der Waals surface area (Å²) in [7, 11) is 0. The Morgan fingerprint density at radius 1 is 1.26 bits per heavy atom. The fourth-order valence-electron chi connectivity index (χ4n) is 0.490. The van der Waals surface area contributed by atoms with Gasteiger partial charge in [-0.25, -0.2) is 4.79 Å². The Balaban J connectivity index is -0.000000366. The molecule has 0 spiro atoms. The number of primary amides is 2. The number of hydrogen-bond donors (Lipinski definition) is 5. The van der Waals surface area contributed by atoms with Gasteiger partial charge in [0, 0.05) is 0 Å². The first-order valence-corrected chi connectivity index (χ1v) is 4.95. The van der Waals surface area contributed by atoms with Gasteiger partial charge in [0.05, 0.1) is 6.54 Å². The van der Waals surface area contributed by atoms with E-state index in [-0.39, 0.29) is 19.0 Å². The standard InChI is InChI=1S/C7H14N2O4.C2H6N2O.ClH/c1-7(2,3)13-6(12)9-5(11)4(8)10;3-1-2(4)5;/h5,11H,1-3H3,(H2,8,10)(H,9,12);1,3H2,(H2,4,5);1H. The van der Waals surface area contributed by atoms with Gasteiger partial charge in [-0.1, -0.05) is 0 Å². The minimum Gasteiger partial charge on any atom is -0.444 e. The molecule has 19 heavy (non-hydrogen) atoms. The molecule has 0 heterocycles. The largest absolute Gasteiger partial charge is 0.444 e. The first kappa shape index (κ1) is 22.6. The van der Waals surface area contributed by atoms with Crippen LogP contribution in [0.5, 0.6) is 0 Å². The van der Waals surface area contributed by atoms with Crippen LogP contribution in [-0.4, -0.2) is 41.4 Å². The van der Waals surface area contributed by atoms with Crippen LogP contribution in [0.15, 0.2) is 0 Å². The molecule has 0 fully saturated rings. The van der Waals surface area contributed by atoms with Crippen molar-refractivity contribution in [3.05, 3.63) is 0 Å². The van der Waals surface area contributed by atoms with E-state index >= 15 is 0 Å². The van der Waals surface area contributed by atoms with Crippen molar-refractivity contribution < 1.29 is 24.2 Å². The van der Waals surface area contributed by atoms with Crippen molar-refractivity contribution in [1.82, 2.24) is 5.32 Å². The maximum absolute atomic E-state index is 10.9. The van der Waals surface area contributed by atoms with Crippen LogP contribution >= 0.6 is 12.4 Å². The number of alkyl carbamates (subject to hydrolysis) is 1. The van der Waals surface area contributed by atoms with Crippen LogP contribution in [0.3, 0.4) is 0 Å². The summed E-state index contributed by atoms with van der Waals surface area (Å²) in [6, 6.07) is 0. The van der Waals surface area contributed by atoms with E-state index in [1.807, 2.05) is 5.32 Å². The second kappa shape index (κ2) is 10.4. The van der Waals surface area contributed by atoms with Gasteiger partial charge < -0.3 is 27.0 Å². The smallest absolute Gasteiger partial charge is 0.410 e. The Bertz CT molecular complexity index is 305. The number of carbonyl (C=O) groups excluding carboxylic acids is 3. The van der Waals surface area contributed by atoms with Crippen molar-refractivity contribution in [3.63, 3.8) is 0 Å². The van der Waals surface area contributed by atoms with E-state index in [0.29, 0.717) is 0 Å². The van der Waals surface area contributed by atoms with Gasteiger partial charge >= 0.3 is 6.09 Å². The first-order valence-electron chi connectivity index (χ1n) is 4.95. The Labute approximate surface area is 117 Å². The molecule has 0 bridgehead atoms. The molecule has 0 rings (SSSR count). The number of carbonyl (C=O) groups is 3. The average Bonchev–Trinajstić information content (AvgIpc) is 2.15. The van der Waals surface area contributed by atoms with Crippen LogP contribution in [0.1, 0.15) is 20.8 Å². The van der Waals surface area contributed by atoms with Gasteiger partial charge in [0.1, 0.15) is 5.60 Å². The molecule has 9 nitrogen and oxygen atoms in total. The molecule has 0 aliphatic heterocycles. The lowest BCUT2D eigenvalue weighted by molar-refractivity contribution is -0.127. The number of nitrogens with one attached hydrogen (secondary N) is 1. The zero-order chi connectivity index (χ0) is 14.9. The summed E-state index contributed by atoms with van der Waals surface area (Å²) in [5.74, 6) is -1.50. The molecule has 0 aromatic rings. The highest BCUT2D eigenvalue weighted by molar-refractivity contribution is 5.85. The Kier molecular flexibility index (Phi) is 12.3. The molecule has 0 saturated carbocycles. The van der Waals surface area contributed by atoms with Gasteiger partial charge in [0.25, 0.3) is 5.91 Å². The lowest BCUT2D eigenvalue weighted by Gasteiger charge is -2.20. The molecule has 114 valence electrons.